The van der Waals surface area contributed by atoms with Gasteiger partial charge in [-0.2, -0.15) is 0 Å². The van der Waals surface area contributed by atoms with Crippen LogP contribution in [0.15, 0.2) is 65.6 Å². The van der Waals surface area contributed by atoms with Gasteiger partial charge in [0, 0.05) is 23.2 Å². The fourth-order valence-corrected chi connectivity index (χ4v) is 6.24. The summed E-state index contributed by atoms with van der Waals surface area (Å²) in [5, 5.41) is 15.9. The van der Waals surface area contributed by atoms with Crippen molar-refractivity contribution in [3.05, 3.63) is 76.8 Å². The molecule has 0 spiro atoms. The minimum Gasteiger partial charge on any atom is -0.478 e. The third-order valence-corrected chi connectivity index (χ3v) is 8.21. The summed E-state index contributed by atoms with van der Waals surface area (Å²) in [7, 11) is -3.83. The Labute approximate surface area is 214 Å². The van der Waals surface area contributed by atoms with Gasteiger partial charge in [-0.3, -0.25) is 9.69 Å². The highest BCUT2D eigenvalue weighted by molar-refractivity contribution is 7.90. The maximum absolute atomic E-state index is 12.8. The van der Waals surface area contributed by atoms with Crippen LogP contribution in [0.1, 0.15) is 41.6 Å². The Morgan fingerprint density at radius 1 is 1.06 bits per heavy atom. The van der Waals surface area contributed by atoms with Gasteiger partial charge >= 0.3 is 11.9 Å². The Kier molecular flexibility index (Phi) is 8.89. The first-order valence-corrected chi connectivity index (χ1v) is 13.1. The topological polar surface area (TPSA) is 132 Å². The van der Waals surface area contributed by atoms with Crippen molar-refractivity contribution in [3.63, 3.8) is 0 Å². The molecule has 2 aliphatic heterocycles. The molecule has 1 amide bonds. The van der Waals surface area contributed by atoms with Crippen LogP contribution in [0.5, 0.6) is 0 Å². The molecule has 1 saturated heterocycles. The zero-order valence-corrected chi connectivity index (χ0v) is 21.2. The maximum atomic E-state index is 12.8. The standard InChI is InChI=1S/C21H23ClN2O3S.C4H4O4/c1-15(23-11-9-17(10-12-23)16-5-3-2-4-6-16)14-24-21(25)19-8-7-18(22)13-20(19)28(24,26)27;5-3(6)1-2-4(7)8/h2-8,13,15,17H,9-12,14H2,1H3;1-2H,(H,5,6)(H,7,8). The molecule has 0 bridgehead atoms. The summed E-state index contributed by atoms with van der Waals surface area (Å²) in [6.07, 6.45) is 3.18. The highest BCUT2D eigenvalue weighted by Gasteiger charge is 2.42. The minimum absolute atomic E-state index is 0.0139. The maximum Gasteiger partial charge on any atom is 0.328 e. The monoisotopic (exact) mass is 534 g/mol. The molecule has 1 unspecified atom stereocenters. The molecule has 2 heterocycles. The second kappa shape index (κ2) is 11.7. The Morgan fingerprint density at radius 2 is 1.64 bits per heavy atom. The SMILES string of the molecule is CC(CN1C(=O)c2ccc(Cl)cc2S1(=O)=O)N1CCC(c2ccccc2)CC1.O=C(O)C=CC(=O)O. The van der Waals surface area contributed by atoms with Gasteiger partial charge in [0.15, 0.2) is 0 Å². The number of likely N-dealkylation sites (tertiary alicyclic amines) is 1. The quantitative estimate of drug-likeness (QED) is 0.538. The van der Waals surface area contributed by atoms with Crippen molar-refractivity contribution in [2.24, 2.45) is 0 Å². The van der Waals surface area contributed by atoms with Gasteiger partial charge in [0.2, 0.25) is 0 Å². The summed E-state index contributed by atoms with van der Waals surface area (Å²) in [5.41, 5.74) is 1.57. The van der Waals surface area contributed by atoms with Gasteiger partial charge < -0.3 is 10.2 Å². The van der Waals surface area contributed by atoms with Crippen LogP contribution >= 0.6 is 11.6 Å². The molecule has 36 heavy (non-hydrogen) atoms. The van der Waals surface area contributed by atoms with E-state index in [1.807, 2.05) is 13.0 Å². The number of halogens is 1. The Morgan fingerprint density at radius 3 is 2.19 bits per heavy atom. The van der Waals surface area contributed by atoms with Crippen molar-refractivity contribution in [2.75, 3.05) is 19.6 Å². The number of carbonyl (C=O) groups is 3. The van der Waals surface area contributed by atoms with Crippen LogP contribution < -0.4 is 0 Å². The summed E-state index contributed by atoms with van der Waals surface area (Å²) >= 11 is 5.94. The molecular formula is C25H27ClN2O7S. The van der Waals surface area contributed by atoms with Crippen molar-refractivity contribution in [3.8, 4) is 0 Å². The predicted octanol–water partition coefficient (Wildman–Crippen LogP) is 3.46. The lowest BCUT2D eigenvalue weighted by molar-refractivity contribution is -0.134. The van der Waals surface area contributed by atoms with Crippen molar-refractivity contribution < 1.29 is 33.0 Å². The van der Waals surface area contributed by atoms with E-state index in [4.69, 9.17) is 21.8 Å². The number of hydrogen-bond donors (Lipinski definition) is 2. The largest absolute Gasteiger partial charge is 0.478 e. The normalized spacial score (nSPS) is 18.4. The van der Waals surface area contributed by atoms with Crippen LogP contribution in [0.2, 0.25) is 5.02 Å². The number of rotatable bonds is 6. The number of piperidine rings is 1. The average molecular weight is 535 g/mol. The lowest BCUT2D eigenvalue weighted by Crippen LogP contribution is -2.47. The molecule has 0 saturated carbocycles. The van der Waals surface area contributed by atoms with Gasteiger partial charge in [-0.25, -0.2) is 22.3 Å². The predicted molar refractivity (Wildman–Crippen MR) is 134 cm³/mol. The van der Waals surface area contributed by atoms with E-state index in [0.29, 0.717) is 23.1 Å². The van der Waals surface area contributed by atoms with Crippen LogP contribution in [0.25, 0.3) is 0 Å². The molecule has 0 radical (unpaired) electrons. The van der Waals surface area contributed by atoms with Crippen LogP contribution in [-0.4, -0.2) is 71.4 Å². The lowest BCUT2D eigenvalue weighted by atomic mass is 9.89. The number of nitrogens with zero attached hydrogens (tertiary/aromatic N) is 2. The molecule has 11 heteroatoms. The second-order valence-corrected chi connectivity index (χ2v) is 10.8. The molecule has 2 aromatic rings. The molecule has 1 atom stereocenters. The van der Waals surface area contributed by atoms with Gasteiger partial charge in [-0.1, -0.05) is 41.9 Å². The number of fused-ring (bicyclic) bond motifs is 1. The van der Waals surface area contributed by atoms with E-state index in [-0.39, 0.29) is 23.0 Å². The number of carboxylic acids is 2. The molecule has 1 fully saturated rings. The summed E-state index contributed by atoms with van der Waals surface area (Å²) in [6, 6.07) is 14.9. The number of amides is 1. The van der Waals surface area contributed by atoms with E-state index >= 15 is 0 Å². The van der Waals surface area contributed by atoms with E-state index < -0.39 is 27.9 Å². The first kappa shape index (κ1) is 27.4. The van der Waals surface area contributed by atoms with E-state index in [0.717, 1.165) is 30.2 Å². The summed E-state index contributed by atoms with van der Waals surface area (Å²) in [5.74, 6) is -2.44. The van der Waals surface area contributed by atoms with Crippen molar-refractivity contribution in [1.29, 1.82) is 0 Å². The molecule has 2 aliphatic rings. The Balaban J connectivity index is 0.000000392. The van der Waals surface area contributed by atoms with E-state index in [9.17, 15) is 22.8 Å². The van der Waals surface area contributed by atoms with E-state index in [1.54, 1.807) is 6.07 Å². The first-order chi connectivity index (χ1) is 17.0. The highest BCUT2D eigenvalue weighted by atomic mass is 35.5. The Hall–Kier alpha value is -3.21. The summed E-state index contributed by atoms with van der Waals surface area (Å²) in [6.45, 7) is 3.92. The van der Waals surface area contributed by atoms with Crippen molar-refractivity contribution >= 4 is 39.5 Å². The number of benzene rings is 2. The van der Waals surface area contributed by atoms with Gasteiger partial charge in [0.05, 0.1) is 12.1 Å². The summed E-state index contributed by atoms with van der Waals surface area (Å²) in [4.78, 5) is 34.1. The molecule has 0 aromatic heterocycles. The van der Waals surface area contributed by atoms with Crippen molar-refractivity contribution in [2.45, 2.75) is 36.6 Å². The second-order valence-electron chi connectivity index (χ2n) is 8.56. The van der Waals surface area contributed by atoms with Gasteiger partial charge in [-0.15, -0.1) is 0 Å². The molecular weight excluding hydrogens is 508 g/mol. The average Bonchev–Trinajstić information content (AvgIpc) is 3.03. The zero-order valence-electron chi connectivity index (χ0n) is 19.6. The summed E-state index contributed by atoms with van der Waals surface area (Å²) < 4.78 is 26.7. The third kappa shape index (κ3) is 6.51. The molecule has 2 aromatic carbocycles. The molecule has 192 valence electrons. The van der Waals surface area contributed by atoms with Crippen molar-refractivity contribution in [1.82, 2.24) is 9.21 Å². The van der Waals surface area contributed by atoms with Gasteiger partial charge in [0.1, 0.15) is 4.90 Å². The fourth-order valence-electron chi connectivity index (χ4n) is 4.33. The van der Waals surface area contributed by atoms with Crippen LogP contribution in [0.4, 0.5) is 0 Å². The minimum atomic E-state index is -3.83. The Bertz CT molecular complexity index is 1240. The smallest absolute Gasteiger partial charge is 0.328 e. The molecule has 9 nitrogen and oxygen atoms in total. The third-order valence-electron chi connectivity index (χ3n) is 6.19. The molecule has 4 rings (SSSR count). The van der Waals surface area contributed by atoms with Gasteiger partial charge in [-0.05, 0) is 62.5 Å². The van der Waals surface area contributed by atoms with E-state index in [2.05, 4.69) is 29.2 Å². The van der Waals surface area contributed by atoms with Crippen LogP contribution in [0, 0.1) is 0 Å². The lowest BCUT2D eigenvalue weighted by Gasteiger charge is -2.37. The number of carboxylic acid groups (broad SMARTS) is 2. The van der Waals surface area contributed by atoms with E-state index in [1.165, 1.54) is 17.7 Å². The van der Waals surface area contributed by atoms with Crippen LogP contribution in [0.3, 0.4) is 0 Å². The number of aliphatic carboxylic acids is 2. The number of hydrogen-bond acceptors (Lipinski definition) is 6. The number of carbonyl (C=O) groups excluding carboxylic acids is 1. The number of sulfonamides is 1. The fraction of sp³-hybridized carbons (Fsp3) is 0.320. The van der Waals surface area contributed by atoms with Gasteiger partial charge in [0.25, 0.3) is 15.9 Å². The first-order valence-electron chi connectivity index (χ1n) is 11.3. The highest BCUT2D eigenvalue weighted by Crippen LogP contribution is 2.33. The molecule has 0 aliphatic carbocycles. The van der Waals surface area contributed by atoms with Crippen LogP contribution in [-0.2, 0) is 19.6 Å². The zero-order chi connectivity index (χ0) is 26.5. The molecule has 2 N–H and O–H groups in total.